The fraction of sp³-hybridized carbons (Fsp3) is 0.100. The SMILES string of the molecule is NC(=O)CN1C(=O)C(=O)c2cc(F)cc(Br)c21. The smallest absolute Gasteiger partial charge is 0.299 e. The van der Waals surface area contributed by atoms with Gasteiger partial charge < -0.3 is 5.73 Å². The van der Waals surface area contributed by atoms with E-state index in [2.05, 4.69) is 15.9 Å². The maximum atomic E-state index is 13.1. The highest BCUT2D eigenvalue weighted by molar-refractivity contribution is 9.10. The van der Waals surface area contributed by atoms with Crippen LogP contribution < -0.4 is 10.6 Å². The van der Waals surface area contributed by atoms with E-state index < -0.39 is 30.0 Å². The van der Waals surface area contributed by atoms with E-state index in [1.54, 1.807) is 0 Å². The molecule has 1 aromatic carbocycles. The normalized spacial score (nSPS) is 14.1. The minimum atomic E-state index is -0.884. The molecule has 2 rings (SSSR count). The zero-order valence-corrected chi connectivity index (χ0v) is 9.95. The molecule has 0 atom stereocenters. The first-order chi connectivity index (χ1) is 7.91. The van der Waals surface area contributed by atoms with E-state index in [9.17, 15) is 18.8 Å². The number of hydrogen-bond acceptors (Lipinski definition) is 3. The zero-order valence-electron chi connectivity index (χ0n) is 8.37. The second-order valence-electron chi connectivity index (χ2n) is 3.47. The first kappa shape index (κ1) is 11.7. The van der Waals surface area contributed by atoms with E-state index in [4.69, 9.17) is 5.73 Å². The molecule has 1 heterocycles. The Kier molecular flexibility index (Phi) is 2.70. The Morgan fingerprint density at radius 1 is 1.41 bits per heavy atom. The Balaban J connectivity index is 2.60. The van der Waals surface area contributed by atoms with Crippen LogP contribution in [0.4, 0.5) is 10.1 Å². The van der Waals surface area contributed by atoms with Gasteiger partial charge in [-0.3, -0.25) is 19.3 Å². The maximum Gasteiger partial charge on any atom is 0.299 e. The molecule has 0 fully saturated rings. The molecule has 88 valence electrons. The number of anilines is 1. The third-order valence-electron chi connectivity index (χ3n) is 2.30. The summed E-state index contributed by atoms with van der Waals surface area (Å²) < 4.78 is 13.3. The maximum absolute atomic E-state index is 13.1. The Hall–Kier alpha value is -1.76. The Bertz CT molecular complexity index is 559. The van der Waals surface area contributed by atoms with Gasteiger partial charge in [-0.1, -0.05) is 0 Å². The molecule has 0 aromatic heterocycles. The van der Waals surface area contributed by atoms with Crippen LogP contribution in [0.5, 0.6) is 0 Å². The number of carbonyl (C=O) groups is 3. The van der Waals surface area contributed by atoms with Gasteiger partial charge in [0, 0.05) is 4.47 Å². The summed E-state index contributed by atoms with van der Waals surface area (Å²) in [4.78, 5) is 34.9. The summed E-state index contributed by atoms with van der Waals surface area (Å²) in [5.74, 6) is -3.13. The van der Waals surface area contributed by atoms with Crippen molar-refractivity contribution >= 4 is 39.2 Å². The van der Waals surface area contributed by atoms with Gasteiger partial charge in [0.05, 0.1) is 11.3 Å². The lowest BCUT2D eigenvalue weighted by atomic mass is 10.1. The lowest BCUT2D eigenvalue weighted by molar-refractivity contribution is -0.120. The van der Waals surface area contributed by atoms with Crippen LogP contribution in [0.3, 0.4) is 0 Å². The number of ketones is 1. The van der Waals surface area contributed by atoms with Crippen molar-refractivity contribution in [2.24, 2.45) is 5.73 Å². The van der Waals surface area contributed by atoms with Crippen molar-refractivity contribution in [1.82, 2.24) is 0 Å². The van der Waals surface area contributed by atoms with E-state index in [-0.39, 0.29) is 15.7 Å². The third-order valence-corrected chi connectivity index (χ3v) is 2.90. The van der Waals surface area contributed by atoms with Crippen molar-refractivity contribution in [3.05, 3.63) is 28.0 Å². The molecule has 0 unspecified atom stereocenters. The largest absolute Gasteiger partial charge is 0.368 e. The third kappa shape index (κ3) is 1.82. The fourth-order valence-corrected chi connectivity index (χ4v) is 2.31. The van der Waals surface area contributed by atoms with Crippen LogP contribution in [-0.4, -0.2) is 24.1 Å². The second kappa shape index (κ2) is 3.92. The molecular formula is C10H6BrFN2O3. The lowest BCUT2D eigenvalue weighted by Crippen LogP contribution is -2.37. The standard InChI is InChI=1S/C10H6BrFN2O3/c11-6-2-4(12)1-5-8(6)14(3-7(13)15)10(17)9(5)16/h1-2H,3H2,(H2,13,15). The molecule has 2 amide bonds. The van der Waals surface area contributed by atoms with Gasteiger partial charge in [0.2, 0.25) is 5.91 Å². The number of nitrogens with two attached hydrogens (primary N) is 1. The number of nitrogens with zero attached hydrogens (tertiary/aromatic N) is 1. The summed E-state index contributed by atoms with van der Waals surface area (Å²) >= 11 is 3.05. The minimum Gasteiger partial charge on any atom is -0.368 e. The second-order valence-corrected chi connectivity index (χ2v) is 4.32. The summed E-state index contributed by atoms with van der Waals surface area (Å²) in [7, 11) is 0. The molecule has 0 aliphatic carbocycles. The van der Waals surface area contributed by atoms with Gasteiger partial charge >= 0.3 is 0 Å². The van der Waals surface area contributed by atoms with Gasteiger partial charge in [0.25, 0.3) is 11.7 Å². The predicted octanol–water partition coefficient (Wildman–Crippen LogP) is 0.603. The number of fused-ring (bicyclic) bond motifs is 1. The Labute approximate surface area is 104 Å². The van der Waals surface area contributed by atoms with Crippen molar-refractivity contribution < 1.29 is 18.8 Å². The molecule has 1 aromatic rings. The molecule has 1 aliphatic rings. The molecule has 0 saturated carbocycles. The number of primary amides is 1. The monoisotopic (exact) mass is 300 g/mol. The van der Waals surface area contributed by atoms with E-state index in [1.807, 2.05) is 0 Å². The minimum absolute atomic E-state index is 0.0666. The molecule has 7 heteroatoms. The molecule has 0 bridgehead atoms. The van der Waals surface area contributed by atoms with Gasteiger partial charge in [0.15, 0.2) is 0 Å². The van der Waals surface area contributed by atoms with Crippen molar-refractivity contribution in [1.29, 1.82) is 0 Å². The molecule has 5 nitrogen and oxygen atoms in total. The van der Waals surface area contributed by atoms with Gasteiger partial charge in [-0.15, -0.1) is 0 Å². The molecule has 0 radical (unpaired) electrons. The van der Waals surface area contributed by atoms with E-state index >= 15 is 0 Å². The number of benzene rings is 1. The summed E-state index contributed by atoms with van der Waals surface area (Å²) in [6.07, 6.45) is 0. The number of rotatable bonds is 2. The van der Waals surface area contributed by atoms with E-state index in [0.29, 0.717) is 0 Å². The van der Waals surface area contributed by atoms with Crippen LogP contribution in [0, 0.1) is 5.82 Å². The highest BCUT2D eigenvalue weighted by Crippen LogP contribution is 2.36. The number of amides is 2. The van der Waals surface area contributed by atoms with Crippen LogP contribution in [0.2, 0.25) is 0 Å². The lowest BCUT2D eigenvalue weighted by Gasteiger charge is -2.15. The van der Waals surface area contributed by atoms with E-state index in [0.717, 1.165) is 17.0 Å². The zero-order chi connectivity index (χ0) is 12.7. The molecule has 1 aliphatic heterocycles. The van der Waals surface area contributed by atoms with Crippen LogP contribution in [0.15, 0.2) is 16.6 Å². The number of halogens is 2. The highest BCUT2D eigenvalue weighted by atomic mass is 79.9. The van der Waals surface area contributed by atoms with Crippen molar-refractivity contribution in [2.45, 2.75) is 0 Å². The molecule has 0 saturated heterocycles. The topological polar surface area (TPSA) is 80.5 Å². The summed E-state index contributed by atoms with van der Waals surface area (Å²) in [6.45, 7) is -0.415. The van der Waals surface area contributed by atoms with Crippen LogP contribution in [0.1, 0.15) is 10.4 Å². The molecule has 0 spiro atoms. The Morgan fingerprint density at radius 3 is 2.65 bits per heavy atom. The van der Waals surface area contributed by atoms with Gasteiger partial charge in [-0.25, -0.2) is 4.39 Å². The van der Waals surface area contributed by atoms with Crippen LogP contribution in [-0.2, 0) is 9.59 Å². The quantitative estimate of drug-likeness (QED) is 0.812. The van der Waals surface area contributed by atoms with Crippen LogP contribution >= 0.6 is 15.9 Å². The van der Waals surface area contributed by atoms with Crippen molar-refractivity contribution in [2.75, 3.05) is 11.4 Å². The molecular weight excluding hydrogens is 295 g/mol. The first-order valence-corrected chi connectivity index (χ1v) is 5.34. The summed E-state index contributed by atoms with van der Waals surface area (Å²) in [5.41, 5.74) is 5.10. The number of Topliss-reactive ketones (excluding diaryl/α,β-unsaturated/α-hetero) is 1. The first-order valence-electron chi connectivity index (χ1n) is 4.55. The summed E-state index contributed by atoms with van der Waals surface area (Å²) in [6, 6.07) is 2.07. The average molecular weight is 301 g/mol. The fourth-order valence-electron chi connectivity index (χ4n) is 1.66. The summed E-state index contributed by atoms with van der Waals surface area (Å²) in [5, 5.41) is 0. The highest BCUT2D eigenvalue weighted by Gasteiger charge is 2.38. The van der Waals surface area contributed by atoms with Crippen molar-refractivity contribution in [3.63, 3.8) is 0 Å². The van der Waals surface area contributed by atoms with Gasteiger partial charge in [-0.2, -0.15) is 0 Å². The molecule has 2 N–H and O–H groups in total. The number of carbonyl (C=O) groups excluding carboxylic acids is 3. The Morgan fingerprint density at radius 2 is 2.06 bits per heavy atom. The molecule has 17 heavy (non-hydrogen) atoms. The number of hydrogen-bond donors (Lipinski definition) is 1. The predicted molar refractivity (Wildman–Crippen MR) is 60.0 cm³/mol. The van der Waals surface area contributed by atoms with E-state index in [1.165, 1.54) is 0 Å². The average Bonchev–Trinajstić information content (AvgIpc) is 2.43. The van der Waals surface area contributed by atoms with Crippen molar-refractivity contribution in [3.8, 4) is 0 Å². The van der Waals surface area contributed by atoms with Crippen LogP contribution in [0.25, 0.3) is 0 Å². The van der Waals surface area contributed by atoms with Gasteiger partial charge in [-0.05, 0) is 28.1 Å². The van der Waals surface area contributed by atoms with Gasteiger partial charge in [0.1, 0.15) is 12.4 Å².